The molecule has 2 fully saturated rings. The smallest absolute Gasteiger partial charge is 0.253 e. The molecule has 2 N–H and O–H groups in total. The first-order valence-corrected chi connectivity index (χ1v) is 16.3. The molecule has 238 valence electrons. The fourth-order valence-corrected chi connectivity index (χ4v) is 7.20. The zero-order valence-electron chi connectivity index (χ0n) is 24.6. The third-order valence-corrected chi connectivity index (χ3v) is 9.85. The van der Waals surface area contributed by atoms with Gasteiger partial charge in [0.2, 0.25) is 11.8 Å². The summed E-state index contributed by atoms with van der Waals surface area (Å²) in [6.45, 7) is 3.04. The minimum absolute atomic E-state index is 0.0341. The quantitative estimate of drug-likeness (QED) is 0.265. The van der Waals surface area contributed by atoms with Gasteiger partial charge in [-0.25, -0.2) is 0 Å². The maximum Gasteiger partial charge on any atom is 0.253 e. The number of hydrogen-bond donors (Lipinski definition) is 1. The van der Waals surface area contributed by atoms with Gasteiger partial charge in [-0.05, 0) is 74.5 Å². The maximum absolute atomic E-state index is 13.2. The average molecular weight is 685 g/mol. The molecule has 2 saturated heterocycles. The van der Waals surface area contributed by atoms with Crippen LogP contribution in [0.2, 0.25) is 20.1 Å². The van der Waals surface area contributed by atoms with Gasteiger partial charge in [-0.15, -0.1) is 0 Å². The molecule has 0 bridgehead atoms. The number of amides is 3. The van der Waals surface area contributed by atoms with Crippen molar-refractivity contribution < 1.29 is 14.4 Å². The Kier molecular flexibility index (Phi) is 12.3. The van der Waals surface area contributed by atoms with Gasteiger partial charge in [0.05, 0.1) is 10.0 Å². The third-order valence-electron chi connectivity index (χ3n) is 8.67. The molecule has 3 atom stereocenters. The van der Waals surface area contributed by atoms with Crippen molar-refractivity contribution in [3.63, 3.8) is 0 Å². The van der Waals surface area contributed by atoms with Gasteiger partial charge in [0.25, 0.3) is 5.91 Å². The molecular weight excluding hydrogens is 648 g/mol. The average Bonchev–Trinajstić information content (AvgIpc) is 2.98. The predicted molar refractivity (Wildman–Crippen MR) is 175 cm³/mol. The lowest BCUT2D eigenvalue weighted by Gasteiger charge is -2.42. The van der Waals surface area contributed by atoms with Crippen molar-refractivity contribution >= 4 is 64.1 Å². The summed E-state index contributed by atoms with van der Waals surface area (Å²) in [7, 11) is 1.61. The molecule has 2 aromatic carbocycles. The van der Waals surface area contributed by atoms with E-state index in [1.54, 1.807) is 25.2 Å². The highest BCUT2D eigenvalue weighted by molar-refractivity contribution is 6.42. The highest BCUT2D eigenvalue weighted by atomic mass is 35.5. The molecule has 0 aromatic heterocycles. The summed E-state index contributed by atoms with van der Waals surface area (Å²) in [6.07, 6.45) is 3.91. The van der Waals surface area contributed by atoms with Gasteiger partial charge in [-0.1, -0.05) is 57.6 Å². The van der Waals surface area contributed by atoms with Gasteiger partial charge in [0.15, 0.2) is 0 Å². The van der Waals surface area contributed by atoms with E-state index in [4.69, 9.17) is 52.1 Å². The van der Waals surface area contributed by atoms with E-state index >= 15 is 0 Å². The first-order chi connectivity index (χ1) is 21.0. The van der Waals surface area contributed by atoms with Crippen LogP contribution in [0.4, 0.5) is 0 Å². The lowest BCUT2D eigenvalue weighted by Crippen LogP contribution is -2.52. The number of benzene rings is 2. The van der Waals surface area contributed by atoms with Crippen LogP contribution in [0.1, 0.15) is 60.4 Å². The molecule has 0 spiro atoms. The Bertz CT molecular complexity index is 1350. The third kappa shape index (κ3) is 8.85. The number of hydrogen-bond acceptors (Lipinski definition) is 6. The van der Waals surface area contributed by atoms with Crippen molar-refractivity contribution in [2.75, 3.05) is 39.8 Å². The molecule has 2 heterocycles. The number of likely N-dealkylation sites (N-methyl/N-ethyl adjacent to an activating group) is 1. The number of primary amides is 1. The summed E-state index contributed by atoms with van der Waals surface area (Å²) in [4.78, 5) is 55.7. The van der Waals surface area contributed by atoms with Gasteiger partial charge in [0, 0.05) is 73.1 Å². The number of halogens is 4. The predicted octanol–water partition coefficient (Wildman–Crippen LogP) is 6.26. The number of rotatable bonds is 12. The van der Waals surface area contributed by atoms with Crippen LogP contribution in [0.5, 0.6) is 0 Å². The molecule has 9 nitrogen and oxygen atoms in total. The van der Waals surface area contributed by atoms with E-state index in [-0.39, 0.29) is 42.7 Å². The van der Waals surface area contributed by atoms with Crippen LogP contribution in [0.25, 0.3) is 0 Å². The van der Waals surface area contributed by atoms with Crippen LogP contribution in [0.15, 0.2) is 41.6 Å². The van der Waals surface area contributed by atoms with Crippen molar-refractivity contribution in [2.45, 2.75) is 56.5 Å². The van der Waals surface area contributed by atoms with Crippen LogP contribution < -0.4 is 5.73 Å². The Balaban J connectivity index is 1.42. The second-order valence-electron chi connectivity index (χ2n) is 11.7. The molecule has 44 heavy (non-hydrogen) atoms. The number of carbonyl (C=O) groups excluding carboxylic acids is 3. The number of piperidine rings is 2. The van der Waals surface area contributed by atoms with Crippen LogP contribution >= 0.6 is 46.4 Å². The summed E-state index contributed by atoms with van der Waals surface area (Å²) < 4.78 is 0. The Labute approximate surface area is 277 Å². The van der Waals surface area contributed by atoms with E-state index in [2.05, 4.69) is 10.1 Å². The maximum atomic E-state index is 13.2. The van der Waals surface area contributed by atoms with E-state index in [1.165, 1.54) is 17.0 Å². The van der Waals surface area contributed by atoms with E-state index in [1.807, 2.05) is 11.0 Å². The summed E-state index contributed by atoms with van der Waals surface area (Å²) in [5.41, 5.74) is 6.49. The van der Waals surface area contributed by atoms with Crippen LogP contribution in [0, 0.1) is 10.8 Å². The van der Waals surface area contributed by atoms with Gasteiger partial charge < -0.3 is 20.4 Å². The normalized spacial score (nSPS) is 19.4. The van der Waals surface area contributed by atoms with E-state index in [9.17, 15) is 19.3 Å². The fourth-order valence-electron chi connectivity index (χ4n) is 6.37. The second-order valence-corrected chi connectivity index (χ2v) is 13.4. The highest BCUT2D eigenvalue weighted by Gasteiger charge is 2.36. The van der Waals surface area contributed by atoms with Gasteiger partial charge in [-0.2, -0.15) is 4.91 Å². The molecule has 3 unspecified atom stereocenters. The number of nitrogens with two attached hydrogens (primary N) is 1. The highest BCUT2D eigenvalue weighted by Crippen LogP contribution is 2.33. The summed E-state index contributed by atoms with van der Waals surface area (Å²) in [5.74, 6) is -1.39. The zero-order chi connectivity index (χ0) is 32.0. The molecular formula is C31H37Cl4N5O4. The zero-order valence-corrected chi connectivity index (χ0v) is 27.6. The first kappa shape index (κ1) is 34.4. The fraction of sp³-hybridized carbons (Fsp3) is 0.516. The summed E-state index contributed by atoms with van der Waals surface area (Å²) in [5, 5.41) is 4.93. The Morgan fingerprint density at radius 2 is 1.68 bits per heavy atom. The number of likely N-dealkylation sites (tertiary alicyclic amines) is 2. The van der Waals surface area contributed by atoms with Crippen LogP contribution in [-0.2, 0) is 9.59 Å². The van der Waals surface area contributed by atoms with Crippen molar-refractivity contribution in [2.24, 2.45) is 16.8 Å². The molecule has 2 aliphatic rings. The Morgan fingerprint density at radius 1 is 1.00 bits per heavy atom. The lowest BCUT2D eigenvalue weighted by molar-refractivity contribution is -0.144. The van der Waals surface area contributed by atoms with E-state index in [0.717, 1.165) is 37.9 Å². The van der Waals surface area contributed by atoms with Crippen LogP contribution in [0.3, 0.4) is 0 Å². The standard InChI is InChI=1S/C31H37Cl4N5O4/c1-38(30(42)21-13-22(32)17-23(33)14-21)18-28(37-44)25(19-4-5-26(34)27(35)15-19)8-12-39-10-6-24(7-11-39)40-9-2-3-20(31(40)43)16-29(36)41/h4-5,13-15,17,20,24-25,28H,2-3,6-12,16,18H2,1H3,(H2,36,41). The van der Waals surface area contributed by atoms with Crippen molar-refractivity contribution in [3.05, 3.63) is 72.5 Å². The minimum atomic E-state index is -0.762. The topological polar surface area (TPSA) is 116 Å². The molecule has 0 radical (unpaired) electrons. The van der Waals surface area contributed by atoms with Crippen molar-refractivity contribution in [1.29, 1.82) is 0 Å². The number of carbonyl (C=O) groups is 3. The molecule has 4 rings (SSSR count). The monoisotopic (exact) mass is 683 g/mol. The number of nitrogens with zero attached hydrogens (tertiary/aromatic N) is 4. The van der Waals surface area contributed by atoms with Gasteiger partial charge in [-0.3, -0.25) is 14.4 Å². The molecule has 2 aliphatic heterocycles. The molecule has 2 aromatic rings. The van der Waals surface area contributed by atoms with Gasteiger partial charge in [0.1, 0.15) is 6.04 Å². The lowest BCUT2D eigenvalue weighted by atomic mass is 9.87. The molecule has 0 saturated carbocycles. The largest absolute Gasteiger partial charge is 0.370 e. The van der Waals surface area contributed by atoms with E-state index < -0.39 is 11.9 Å². The summed E-state index contributed by atoms with van der Waals surface area (Å²) >= 11 is 24.8. The van der Waals surface area contributed by atoms with Gasteiger partial charge >= 0.3 is 0 Å². The number of nitroso groups, excluding NO2 is 1. The molecule has 13 heteroatoms. The van der Waals surface area contributed by atoms with Crippen LogP contribution in [-0.4, -0.2) is 84.3 Å². The second kappa shape index (κ2) is 15.7. The first-order valence-electron chi connectivity index (χ1n) is 14.8. The summed E-state index contributed by atoms with van der Waals surface area (Å²) in [6, 6.07) is 9.27. The van der Waals surface area contributed by atoms with E-state index in [0.29, 0.717) is 51.6 Å². The van der Waals surface area contributed by atoms with Crippen molar-refractivity contribution in [3.8, 4) is 0 Å². The molecule has 3 amide bonds. The molecule has 0 aliphatic carbocycles. The minimum Gasteiger partial charge on any atom is -0.370 e. The SMILES string of the molecule is CN(CC(N=O)C(CCN1CCC(N2CCCC(CC(N)=O)C2=O)CC1)c1ccc(Cl)c(Cl)c1)C(=O)c1cc(Cl)cc(Cl)c1. The Morgan fingerprint density at radius 3 is 2.30 bits per heavy atom. The van der Waals surface area contributed by atoms with Crippen molar-refractivity contribution in [1.82, 2.24) is 14.7 Å². The Hall–Kier alpha value is -2.43.